The number of hydrogen-bond donors (Lipinski definition) is 2. The Labute approximate surface area is 124 Å². The second kappa shape index (κ2) is 7.54. The Bertz CT molecular complexity index is 438. The van der Waals surface area contributed by atoms with Crippen molar-refractivity contribution < 1.29 is 13.2 Å². The van der Waals surface area contributed by atoms with Crippen LogP contribution in [0.25, 0.3) is 0 Å². The minimum atomic E-state index is -4.36. The van der Waals surface area contributed by atoms with Gasteiger partial charge in [0, 0.05) is 17.4 Å². The highest BCUT2D eigenvalue weighted by molar-refractivity contribution is 5.58. The average Bonchev–Trinajstić information content (AvgIpc) is 2.42. The molecule has 21 heavy (non-hydrogen) atoms. The summed E-state index contributed by atoms with van der Waals surface area (Å²) in [5.41, 5.74) is 5.41. The average molecular weight is 303 g/mol. The molecular formula is C15H24F3N3. The topological polar surface area (TPSA) is 41.3 Å². The molecule has 0 aliphatic carbocycles. The predicted octanol–water partition coefficient (Wildman–Crippen LogP) is 3.82. The molecule has 0 saturated carbocycles. The second-order valence-electron chi connectivity index (χ2n) is 5.06. The van der Waals surface area contributed by atoms with E-state index in [0.29, 0.717) is 5.69 Å². The molecule has 1 aromatic carbocycles. The van der Waals surface area contributed by atoms with Gasteiger partial charge in [-0.05, 0) is 51.2 Å². The fraction of sp³-hybridized carbons (Fsp3) is 0.600. The lowest BCUT2D eigenvalue weighted by Crippen LogP contribution is -2.36. The molecule has 1 saturated heterocycles. The van der Waals surface area contributed by atoms with Gasteiger partial charge in [-0.2, -0.15) is 13.2 Å². The van der Waals surface area contributed by atoms with E-state index in [2.05, 4.69) is 10.2 Å². The number of rotatable bonds is 2. The summed E-state index contributed by atoms with van der Waals surface area (Å²) in [5, 5.41) is 3.15. The Hall–Kier alpha value is -1.43. The zero-order valence-electron chi connectivity index (χ0n) is 12.8. The zero-order valence-corrected chi connectivity index (χ0v) is 12.8. The van der Waals surface area contributed by atoms with Crippen molar-refractivity contribution in [2.75, 3.05) is 31.2 Å². The van der Waals surface area contributed by atoms with Crippen LogP contribution in [0, 0.1) is 0 Å². The molecular weight excluding hydrogens is 279 g/mol. The van der Waals surface area contributed by atoms with Gasteiger partial charge in [-0.1, -0.05) is 13.8 Å². The van der Waals surface area contributed by atoms with Crippen molar-refractivity contribution in [3.63, 3.8) is 0 Å². The van der Waals surface area contributed by atoms with E-state index in [1.54, 1.807) is 6.07 Å². The maximum absolute atomic E-state index is 12.7. The van der Waals surface area contributed by atoms with Crippen LogP contribution in [0.1, 0.15) is 32.3 Å². The summed E-state index contributed by atoms with van der Waals surface area (Å²) in [4.78, 5) is 2.21. The van der Waals surface area contributed by atoms with Crippen molar-refractivity contribution in [2.24, 2.45) is 0 Å². The highest BCUT2D eigenvalue weighted by atomic mass is 19.4. The Morgan fingerprint density at radius 2 is 1.71 bits per heavy atom. The van der Waals surface area contributed by atoms with Crippen LogP contribution in [0.4, 0.5) is 24.5 Å². The van der Waals surface area contributed by atoms with Crippen molar-refractivity contribution in [2.45, 2.75) is 38.9 Å². The van der Waals surface area contributed by atoms with Crippen LogP contribution >= 0.6 is 0 Å². The molecule has 1 aliphatic rings. The first kappa shape index (κ1) is 17.6. The number of nitrogens with two attached hydrogens (primary N) is 1. The third-order valence-corrected chi connectivity index (χ3v) is 3.37. The zero-order chi connectivity index (χ0) is 16.0. The summed E-state index contributed by atoms with van der Waals surface area (Å²) in [5.74, 6) is 0. The molecule has 1 fully saturated rings. The number of hydrogen-bond acceptors (Lipinski definition) is 3. The van der Waals surface area contributed by atoms with Gasteiger partial charge in [0.1, 0.15) is 0 Å². The van der Waals surface area contributed by atoms with E-state index in [1.807, 2.05) is 20.9 Å². The number of likely N-dealkylation sites (tertiary alicyclic amines) is 1. The molecule has 1 aromatic rings. The standard InChI is InChI=1S/C13H18F3N3.C2H6/c1-19-4-2-11(3-5-19)18-12-7-9(13(14,15)16)6-10(17)8-12;1-2/h6-8,11,18H,2-5,17H2,1H3;1-2H3. The second-order valence-corrected chi connectivity index (χ2v) is 5.06. The van der Waals surface area contributed by atoms with Gasteiger partial charge < -0.3 is 16.0 Å². The van der Waals surface area contributed by atoms with E-state index in [-0.39, 0.29) is 11.7 Å². The van der Waals surface area contributed by atoms with Crippen LogP contribution in [0.15, 0.2) is 18.2 Å². The van der Waals surface area contributed by atoms with Gasteiger partial charge >= 0.3 is 6.18 Å². The van der Waals surface area contributed by atoms with E-state index < -0.39 is 11.7 Å². The third-order valence-electron chi connectivity index (χ3n) is 3.37. The van der Waals surface area contributed by atoms with Gasteiger partial charge in [0.15, 0.2) is 0 Å². The number of piperidine rings is 1. The first-order valence-electron chi connectivity index (χ1n) is 7.27. The molecule has 1 heterocycles. The molecule has 0 radical (unpaired) electrons. The summed E-state index contributed by atoms with van der Waals surface area (Å²) >= 11 is 0. The van der Waals surface area contributed by atoms with Crippen molar-refractivity contribution >= 4 is 11.4 Å². The van der Waals surface area contributed by atoms with Crippen LogP contribution in [0.2, 0.25) is 0 Å². The third kappa shape index (κ3) is 5.46. The number of nitrogens with one attached hydrogen (secondary N) is 1. The number of nitrogen functional groups attached to an aromatic ring is 1. The van der Waals surface area contributed by atoms with Crippen LogP contribution in [-0.2, 0) is 6.18 Å². The Balaban J connectivity index is 0.00000106. The van der Waals surface area contributed by atoms with Crippen molar-refractivity contribution in [3.05, 3.63) is 23.8 Å². The van der Waals surface area contributed by atoms with E-state index in [0.717, 1.165) is 38.1 Å². The van der Waals surface area contributed by atoms with E-state index in [1.165, 1.54) is 0 Å². The van der Waals surface area contributed by atoms with Crippen LogP contribution < -0.4 is 11.1 Å². The minimum absolute atomic E-state index is 0.130. The number of benzene rings is 1. The molecule has 3 N–H and O–H groups in total. The smallest absolute Gasteiger partial charge is 0.399 e. The molecule has 0 atom stereocenters. The summed E-state index contributed by atoms with van der Waals surface area (Å²) in [7, 11) is 2.04. The molecule has 0 unspecified atom stereocenters. The maximum atomic E-state index is 12.7. The van der Waals surface area contributed by atoms with E-state index in [4.69, 9.17) is 5.73 Å². The van der Waals surface area contributed by atoms with Gasteiger partial charge in [-0.25, -0.2) is 0 Å². The van der Waals surface area contributed by atoms with Crippen molar-refractivity contribution in [3.8, 4) is 0 Å². The first-order valence-corrected chi connectivity index (χ1v) is 7.27. The monoisotopic (exact) mass is 303 g/mol. The van der Waals surface area contributed by atoms with E-state index >= 15 is 0 Å². The predicted molar refractivity (Wildman–Crippen MR) is 81.3 cm³/mol. The molecule has 0 aromatic heterocycles. The summed E-state index contributed by atoms with van der Waals surface area (Å²) < 4.78 is 38.1. The fourth-order valence-corrected chi connectivity index (χ4v) is 2.29. The quantitative estimate of drug-likeness (QED) is 0.816. The summed E-state index contributed by atoms with van der Waals surface area (Å²) in [6, 6.07) is 3.83. The lowest BCUT2D eigenvalue weighted by atomic mass is 10.0. The lowest BCUT2D eigenvalue weighted by molar-refractivity contribution is -0.137. The molecule has 0 amide bonds. The van der Waals surface area contributed by atoms with Crippen LogP contribution in [0.3, 0.4) is 0 Å². The molecule has 120 valence electrons. The molecule has 1 aliphatic heterocycles. The normalized spacial score (nSPS) is 17.0. The maximum Gasteiger partial charge on any atom is 0.416 e. The van der Waals surface area contributed by atoms with Gasteiger partial charge in [-0.15, -0.1) is 0 Å². The number of anilines is 2. The van der Waals surface area contributed by atoms with Crippen molar-refractivity contribution in [1.29, 1.82) is 0 Å². The Kier molecular flexibility index (Phi) is 6.33. The summed E-state index contributed by atoms with van der Waals surface area (Å²) in [6.45, 7) is 5.90. The Morgan fingerprint density at radius 1 is 1.14 bits per heavy atom. The highest BCUT2D eigenvalue weighted by Gasteiger charge is 2.31. The lowest BCUT2D eigenvalue weighted by Gasteiger charge is -2.30. The van der Waals surface area contributed by atoms with Gasteiger partial charge in [0.2, 0.25) is 0 Å². The van der Waals surface area contributed by atoms with E-state index in [9.17, 15) is 13.2 Å². The minimum Gasteiger partial charge on any atom is -0.399 e. The van der Waals surface area contributed by atoms with Crippen LogP contribution in [-0.4, -0.2) is 31.1 Å². The van der Waals surface area contributed by atoms with Crippen LogP contribution in [0.5, 0.6) is 0 Å². The van der Waals surface area contributed by atoms with Crippen molar-refractivity contribution in [1.82, 2.24) is 4.90 Å². The molecule has 2 rings (SSSR count). The molecule has 0 spiro atoms. The summed E-state index contributed by atoms with van der Waals surface area (Å²) in [6.07, 6.45) is -2.52. The SMILES string of the molecule is CC.CN1CCC(Nc2cc(N)cc(C(F)(F)F)c2)CC1. The highest BCUT2D eigenvalue weighted by Crippen LogP contribution is 2.33. The molecule has 3 nitrogen and oxygen atoms in total. The van der Waals surface area contributed by atoms with Gasteiger partial charge in [-0.3, -0.25) is 0 Å². The molecule has 6 heteroatoms. The Morgan fingerprint density at radius 3 is 2.24 bits per heavy atom. The van der Waals surface area contributed by atoms with Gasteiger partial charge in [0.05, 0.1) is 5.56 Å². The number of nitrogens with zero attached hydrogens (tertiary/aromatic N) is 1. The number of alkyl halides is 3. The fourth-order valence-electron chi connectivity index (χ4n) is 2.29. The molecule has 0 bridgehead atoms. The van der Waals surface area contributed by atoms with Gasteiger partial charge in [0.25, 0.3) is 0 Å². The number of halogens is 3. The largest absolute Gasteiger partial charge is 0.416 e. The first-order chi connectivity index (χ1) is 9.84.